The molecule has 2 N–H and O–H groups in total. The van der Waals surface area contributed by atoms with Crippen LogP contribution in [0.15, 0.2) is 58.7 Å². The summed E-state index contributed by atoms with van der Waals surface area (Å²) in [6.07, 6.45) is -3.36. The molecule has 3 nitrogen and oxygen atoms in total. The summed E-state index contributed by atoms with van der Waals surface area (Å²) in [6.45, 7) is 0. The van der Waals surface area contributed by atoms with Crippen molar-refractivity contribution >= 4 is 45.7 Å². The molecular formula is C16H13F3IN3S. The number of halogens is 4. The fourth-order valence-corrected chi connectivity index (χ4v) is 3.07. The summed E-state index contributed by atoms with van der Waals surface area (Å²) in [4.78, 5) is 0. The Morgan fingerprint density at radius 1 is 1.12 bits per heavy atom. The number of nitrogens with zero attached hydrogens (tertiary/aromatic N) is 2. The molecule has 0 saturated heterocycles. The topological polar surface area (TPSA) is 50.7 Å². The Labute approximate surface area is 155 Å². The van der Waals surface area contributed by atoms with E-state index in [1.54, 1.807) is 6.07 Å². The molecule has 126 valence electrons. The van der Waals surface area contributed by atoms with Gasteiger partial charge in [0, 0.05) is 14.9 Å². The Hall–Kier alpha value is -1.55. The zero-order valence-corrected chi connectivity index (χ0v) is 15.3. The first-order valence-electron chi connectivity index (χ1n) is 6.77. The van der Waals surface area contributed by atoms with Crippen molar-refractivity contribution in [2.45, 2.75) is 11.9 Å². The number of thioether (sulfide) groups is 1. The van der Waals surface area contributed by atoms with Crippen LogP contribution in [0.5, 0.6) is 0 Å². The van der Waals surface area contributed by atoms with Gasteiger partial charge in [-0.15, -0.1) is 5.10 Å². The third kappa shape index (κ3) is 5.52. The number of rotatable bonds is 4. The van der Waals surface area contributed by atoms with Crippen molar-refractivity contribution in [2.24, 2.45) is 15.9 Å². The monoisotopic (exact) mass is 463 g/mol. The van der Waals surface area contributed by atoms with Crippen molar-refractivity contribution in [1.29, 1.82) is 0 Å². The summed E-state index contributed by atoms with van der Waals surface area (Å²) in [5.41, 5.74) is 6.03. The minimum atomic E-state index is -4.44. The summed E-state index contributed by atoms with van der Waals surface area (Å²) < 4.78 is 39.4. The van der Waals surface area contributed by atoms with Gasteiger partial charge in [0.2, 0.25) is 0 Å². The first-order chi connectivity index (χ1) is 11.4. The maximum absolute atomic E-state index is 13.0. The van der Waals surface area contributed by atoms with E-state index in [0.29, 0.717) is 9.32 Å². The van der Waals surface area contributed by atoms with Crippen LogP contribution in [0.4, 0.5) is 13.2 Å². The van der Waals surface area contributed by atoms with Crippen molar-refractivity contribution < 1.29 is 13.2 Å². The molecule has 0 amide bonds. The highest BCUT2D eigenvalue weighted by atomic mass is 127. The summed E-state index contributed by atoms with van der Waals surface area (Å²) >= 11 is 3.10. The molecule has 0 fully saturated rings. The maximum Gasteiger partial charge on any atom is 0.417 e. The van der Waals surface area contributed by atoms with Gasteiger partial charge in [-0.1, -0.05) is 48.2 Å². The van der Waals surface area contributed by atoms with E-state index < -0.39 is 11.7 Å². The first kappa shape index (κ1) is 18.8. The van der Waals surface area contributed by atoms with Gasteiger partial charge in [0.15, 0.2) is 5.17 Å². The average molecular weight is 463 g/mol. The van der Waals surface area contributed by atoms with E-state index in [1.165, 1.54) is 17.8 Å². The molecule has 0 saturated carbocycles. The Balaban J connectivity index is 2.08. The second-order valence-electron chi connectivity index (χ2n) is 4.66. The third-order valence-corrected chi connectivity index (χ3v) is 4.73. The first-order valence-corrected chi connectivity index (χ1v) is 8.83. The Kier molecular flexibility index (Phi) is 6.67. The molecule has 24 heavy (non-hydrogen) atoms. The number of hydrogen-bond donors (Lipinski definition) is 1. The molecule has 0 bridgehead atoms. The number of amidine groups is 1. The van der Waals surface area contributed by atoms with E-state index in [2.05, 4.69) is 10.2 Å². The van der Waals surface area contributed by atoms with E-state index in [0.717, 1.165) is 17.8 Å². The molecule has 0 aliphatic rings. The van der Waals surface area contributed by atoms with Gasteiger partial charge in [-0.25, -0.2) is 0 Å². The lowest BCUT2D eigenvalue weighted by molar-refractivity contribution is -0.137. The van der Waals surface area contributed by atoms with Crippen LogP contribution in [0.3, 0.4) is 0 Å². The van der Waals surface area contributed by atoms with Gasteiger partial charge in [0.25, 0.3) is 0 Å². The molecule has 8 heteroatoms. The van der Waals surface area contributed by atoms with Crippen molar-refractivity contribution in [2.75, 3.05) is 0 Å². The van der Waals surface area contributed by atoms with Gasteiger partial charge < -0.3 is 5.73 Å². The molecule has 0 aliphatic carbocycles. The van der Waals surface area contributed by atoms with E-state index in [-0.39, 0.29) is 10.7 Å². The van der Waals surface area contributed by atoms with Crippen LogP contribution >= 0.6 is 34.4 Å². The van der Waals surface area contributed by atoms with Crippen LogP contribution in [-0.2, 0) is 11.9 Å². The van der Waals surface area contributed by atoms with Gasteiger partial charge >= 0.3 is 6.18 Å². The van der Waals surface area contributed by atoms with Crippen molar-refractivity contribution in [3.05, 3.63) is 68.8 Å². The molecule has 0 atom stereocenters. The van der Waals surface area contributed by atoms with Gasteiger partial charge in [0.05, 0.1) is 11.8 Å². The van der Waals surface area contributed by atoms with Crippen LogP contribution < -0.4 is 5.73 Å². The molecule has 0 radical (unpaired) electrons. The fourth-order valence-electron chi connectivity index (χ4n) is 1.82. The van der Waals surface area contributed by atoms with E-state index in [9.17, 15) is 13.2 Å². The lowest BCUT2D eigenvalue weighted by atomic mass is 10.1. The highest BCUT2D eigenvalue weighted by molar-refractivity contribution is 14.1. The zero-order chi connectivity index (χ0) is 17.6. The Morgan fingerprint density at radius 3 is 2.50 bits per heavy atom. The smallest absolute Gasteiger partial charge is 0.377 e. The van der Waals surface area contributed by atoms with Gasteiger partial charge in [-0.2, -0.15) is 18.3 Å². The minimum Gasteiger partial charge on any atom is -0.377 e. The predicted molar refractivity (Wildman–Crippen MR) is 101 cm³/mol. The highest BCUT2D eigenvalue weighted by Crippen LogP contribution is 2.33. The lowest BCUT2D eigenvalue weighted by Gasteiger charge is -2.10. The summed E-state index contributed by atoms with van der Waals surface area (Å²) in [5.74, 6) is 0.613. The summed E-state index contributed by atoms with van der Waals surface area (Å²) in [7, 11) is 0. The second kappa shape index (κ2) is 8.52. The molecule has 2 aromatic carbocycles. The van der Waals surface area contributed by atoms with Crippen LogP contribution in [0.2, 0.25) is 0 Å². The molecule has 0 aromatic heterocycles. The molecule has 2 aromatic rings. The minimum absolute atomic E-state index is 0.0183. The highest BCUT2D eigenvalue weighted by Gasteiger charge is 2.33. The number of hydrogen-bond acceptors (Lipinski definition) is 3. The molecule has 0 aliphatic heterocycles. The normalized spacial score (nSPS) is 12.8. The summed E-state index contributed by atoms with van der Waals surface area (Å²) in [5, 5.41) is 7.65. The zero-order valence-electron chi connectivity index (χ0n) is 12.3. The van der Waals surface area contributed by atoms with Crippen LogP contribution in [-0.4, -0.2) is 11.4 Å². The molecule has 0 heterocycles. The summed E-state index contributed by atoms with van der Waals surface area (Å²) in [6, 6.07) is 13.6. The van der Waals surface area contributed by atoms with Crippen molar-refractivity contribution in [1.82, 2.24) is 0 Å². The van der Waals surface area contributed by atoms with Crippen molar-refractivity contribution in [3.8, 4) is 0 Å². The van der Waals surface area contributed by atoms with Crippen LogP contribution in [0.25, 0.3) is 0 Å². The number of benzene rings is 2. The second-order valence-corrected chi connectivity index (χ2v) is 6.81. The standard InChI is InChI=1S/C16H13F3IN3S/c17-16(18,19)13-7-4-8-14(20)12(13)9-22-23-15(21)24-10-11-5-2-1-3-6-11/h1-9H,10H2,(H2,21,23). The van der Waals surface area contributed by atoms with E-state index in [4.69, 9.17) is 5.73 Å². The van der Waals surface area contributed by atoms with Crippen LogP contribution in [0, 0.1) is 3.57 Å². The predicted octanol–water partition coefficient (Wildman–Crippen LogP) is 4.89. The largest absolute Gasteiger partial charge is 0.417 e. The molecule has 0 unspecified atom stereocenters. The number of alkyl halides is 3. The van der Waals surface area contributed by atoms with Crippen molar-refractivity contribution in [3.63, 3.8) is 0 Å². The van der Waals surface area contributed by atoms with E-state index >= 15 is 0 Å². The average Bonchev–Trinajstić information content (AvgIpc) is 2.54. The lowest BCUT2D eigenvalue weighted by Crippen LogP contribution is -2.10. The fraction of sp³-hybridized carbons (Fsp3) is 0.125. The Morgan fingerprint density at radius 2 is 1.83 bits per heavy atom. The SMILES string of the molecule is NC(=NN=Cc1c(I)cccc1C(F)(F)F)SCc1ccccc1. The van der Waals surface area contributed by atoms with E-state index in [1.807, 2.05) is 52.9 Å². The van der Waals surface area contributed by atoms with Gasteiger partial charge in [-0.05, 0) is 40.3 Å². The molecular weight excluding hydrogens is 450 g/mol. The number of nitrogens with two attached hydrogens (primary N) is 1. The molecule has 2 rings (SSSR count). The maximum atomic E-state index is 13.0. The molecule has 0 spiro atoms. The van der Waals surface area contributed by atoms with Gasteiger partial charge in [0.1, 0.15) is 0 Å². The quantitative estimate of drug-likeness (QED) is 0.304. The van der Waals surface area contributed by atoms with Crippen LogP contribution in [0.1, 0.15) is 16.7 Å². The third-order valence-electron chi connectivity index (χ3n) is 2.93. The Bertz CT molecular complexity index is 746. The van der Waals surface area contributed by atoms with Gasteiger partial charge in [-0.3, -0.25) is 0 Å².